The second-order valence-corrected chi connectivity index (χ2v) is 12.7. The van der Waals surface area contributed by atoms with E-state index in [0.29, 0.717) is 0 Å². The normalized spacial score (nSPS) is 12.1. The molecule has 0 saturated carbocycles. The zero-order valence-corrected chi connectivity index (χ0v) is 24.6. The van der Waals surface area contributed by atoms with Gasteiger partial charge in [0.1, 0.15) is 0 Å². The van der Waals surface area contributed by atoms with Gasteiger partial charge in [-0.2, -0.15) is 0 Å². The highest BCUT2D eigenvalue weighted by atomic mass is 32.1. The molecule has 10 aromatic rings. The van der Waals surface area contributed by atoms with Crippen molar-refractivity contribution in [2.24, 2.45) is 0 Å². The zero-order chi connectivity index (χ0) is 28.8. The van der Waals surface area contributed by atoms with Crippen molar-refractivity contribution in [1.29, 1.82) is 0 Å². The first-order valence-corrected chi connectivity index (χ1v) is 15.9. The molecule has 10 rings (SSSR count). The number of rotatable bonds is 2. The number of hydrogen-bond donors (Lipinski definition) is 0. The van der Waals surface area contributed by atoms with Crippen LogP contribution in [0, 0.1) is 0 Å². The summed E-state index contributed by atoms with van der Waals surface area (Å²) in [5, 5.41) is 13.0. The van der Waals surface area contributed by atoms with Crippen LogP contribution in [-0.2, 0) is 0 Å². The molecule has 0 spiro atoms. The van der Waals surface area contributed by atoms with Crippen molar-refractivity contribution in [2.45, 2.75) is 0 Å². The average molecular weight is 576 g/mol. The Morgan fingerprint density at radius 1 is 0.432 bits per heavy atom. The van der Waals surface area contributed by atoms with Gasteiger partial charge < -0.3 is 4.57 Å². The number of aromatic nitrogens is 1. The lowest BCUT2D eigenvalue weighted by Gasteiger charge is -2.13. The maximum Gasteiger partial charge on any atom is 0.0626 e. The summed E-state index contributed by atoms with van der Waals surface area (Å²) in [5.74, 6) is 0. The average Bonchev–Trinajstić information content (AvgIpc) is 3.64. The topological polar surface area (TPSA) is 4.93 Å². The minimum Gasteiger partial charge on any atom is -0.309 e. The fourth-order valence-corrected chi connectivity index (χ4v) is 8.71. The number of para-hydroxylation sites is 1. The first kappa shape index (κ1) is 24.0. The van der Waals surface area contributed by atoms with Gasteiger partial charge in [0.2, 0.25) is 0 Å². The molecule has 0 fully saturated rings. The van der Waals surface area contributed by atoms with Gasteiger partial charge in [0.25, 0.3) is 0 Å². The highest BCUT2D eigenvalue weighted by molar-refractivity contribution is 7.26. The van der Waals surface area contributed by atoms with Crippen molar-refractivity contribution >= 4 is 85.6 Å². The van der Waals surface area contributed by atoms with Crippen molar-refractivity contribution in [3.8, 4) is 16.8 Å². The van der Waals surface area contributed by atoms with Crippen LogP contribution in [0.25, 0.3) is 91.1 Å². The highest BCUT2D eigenvalue weighted by Gasteiger charge is 2.21. The summed E-state index contributed by atoms with van der Waals surface area (Å²) in [6, 6.07) is 55.9. The summed E-state index contributed by atoms with van der Waals surface area (Å²) in [5.41, 5.74) is 6.22. The van der Waals surface area contributed by atoms with Crippen LogP contribution in [-0.4, -0.2) is 4.57 Å². The Labute approximate surface area is 257 Å². The Morgan fingerprint density at radius 3 is 2.05 bits per heavy atom. The van der Waals surface area contributed by atoms with E-state index in [2.05, 4.69) is 156 Å². The molecule has 204 valence electrons. The lowest BCUT2D eigenvalue weighted by molar-refractivity contribution is 1.19. The van der Waals surface area contributed by atoms with Gasteiger partial charge in [-0.1, -0.05) is 121 Å². The van der Waals surface area contributed by atoms with E-state index in [4.69, 9.17) is 0 Å². The van der Waals surface area contributed by atoms with Crippen molar-refractivity contribution < 1.29 is 0 Å². The van der Waals surface area contributed by atoms with Gasteiger partial charge in [-0.05, 0) is 63.0 Å². The van der Waals surface area contributed by atoms with Crippen molar-refractivity contribution in [3.05, 3.63) is 152 Å². The molecule has 44 heavy (non-hydrogen) atoms. The van der Waals surface area contributed by atoms with Crippen LogP contribution in [0.4, 0.5) is 0 Å². The Balaban J connectivity index is 1.43. The Hall–Kier alpha value is -5.44. The standard InChI is InChI=1S/C42H25NS/c1-2-12-28(13-3-1)43-37-24-22-27(30-18-10-19-35-32-16-8-9-20-38(32)44-42(30)35)25-36(37)40-39-29-14-5-4-11-26(29)21-23-33(39)31-15-6-7-17-34(31)41(40)43/h1-25H. The molecule has 1 nitrogen and oxygen atoms in total. The van der Waals surface area contributed by atoms with Gasteiger partial charge in [0.05, 0.1) is 11.0 Å². The monoisotopic (exact) mass is 575 g/mol. The van der Waals surface area contributed by atoms with Crippen LogP contribution < -0.4 is 0 Å². The first-order valence-electron chi connectivity index (χ1n) is 15.1. The first-order chi connectivity index (χ1) is 21.8. The molecule has 0 aliphatic carbocycles. The second-order valence-electron chi connectivity index (χ2n) is 11.7. The minimum atomic E-state index is 1.18. The molecule has 0 aliphatic rings. The lowest BCUT2D eigenvalue weighted by atomic mass is 9.92. The number of hydrogen-bond acceptors (Lipinski definition) is 1. The van der Waals surface area contributed by atoms with Crippen LogP contribution in [0.2, 0.25) is 0 Å². The molecule has 0 N–H and O–H groups in total. The fourth-order valence-electron chi connectivity index (χ4n) is 7.48. The van der Waals surface area contributed by atoms with Crippen LogP contribution in [0.3, 0.4) is 0 Å². The molecule has 2 heteroatoms. The van der Waals surface area contributed by atoms with E-state index < -0.39 is 0 Å². The van der Waals surface area contributed by atoms with E-state index >= 15 is 0 Å². The number of fused-ring (bicyclic) bond motifs is 13. The second kappa shape index (κ2) is 9.03. The lowest BCUT2D eigenvalue weighted by Crippen LogP contribution is -1.94. The molecular formula is C42H25NS. The molecule has 8 aromatic carbocycles. The number of nitrogens with zero attached hydrogens (tertiary/aromatic N) is 1. The summed E-state index contributed by atoms with van der Waals surface area (Å²) in [6.45, 7) is 0. The van der Waals surface area contributed by atoms with Gasteiger partial charge in [0, 0.05) is 47.4 Å². The Kier molecular flexibility index (Phi) is 4.94. The van der Waals surface area contributed by atoms with Gasteiger partial charge in [-0.3, -0.25) is 0 Å². The Bertz CT molecular complexity index is 2760. The molecule has 0 unspecified atom stereocenters. The SMILES string of the molecule is c1ccc(-n2c3ccc(-c4cccc5c4sc4ccccc45)cc3c3c4c5ccccc5ccc4c4ccccc4c32)cc1. The van der Waals surface area contributed by atoms with Crippen molar-refractivity contribution in [1.82, 2.24) is 4.57 Å². The van der Waals surface area contributed by atoms with E-state index in [0.717, 1.165) is 0 Å². The van der Waals surface area contributed by atoms with E-state index in [1.165, 1.54) is 91.1 Å². The maximum absolute atomic E-state index is 2.48. The molecule has 0 amide bonds. The number of thiophene rings is 1. The minimum absolute atomic E-state index is 1.18. The molecular weight excluding hydrogens is 551 g/mol. The predicted molar refractivity (Wildman–Crippen MR) is 192 cm³/mol. The van der Waals surface area contributed by atoms with Gasteiger partial charge in [-0.25, -0.2) is 0 Å². The molecule has 0 saturated heterocycles. The summed E-state index contributed by atoms with van der Waals surface area (Å²) in [4.78, 5) is 0. The molecule has 2 aromatic heterocycles. The Morgan fingerprint density at radius 2 is 1.16 bits per heavy atom. The quantitative estimate of drug-likeness (QED) is 0.181. The molecule has 0 bridgehead atoms. The highest BCUT2D eigenvalue weighted by Crippen LogP contribution is 2.46. The summed E-state index contributed by atoms with van der Waals surface area (Å²) in [6.07, 6.45) is 0. The van der Waals surface area contributed by atoms with E-state index in [9.17, 15) is 0 Å². The van der Waals surface area contributed by atoms with Gasteiger partial charge >= 0.3 is 0 Å². The van der Waals surface area contributed by atoms with Crippen molar-refractivity contribution in [3.63, 3.8) is 0 Å². The maximum atomic E-state index is 2.48. The predicted octanol–water partition coefficient (Wildman–Crippen LogP) is 12.3. The van der Waals surface area contributed by atoms with E-state index in [-0.39, 0.29) is 0 Å². The van der Waals surface area contributed by atoms with Crippen molar-refractivity contribution in [2.75, 3.05) is 0 Å². The fraction of sp³-hybridized carbons (Fsp3) is 0. The summed E-state index contributed by atoms with van der Waals surface area (Å²) in [7, 11) is 0. The summed E-state index contributed by atoms with van der Waals surface area (Å²) < 4.78 is 5.17. The molecule has 0 aliphatic heterocycles. The molecule has 0 radical (unpaired) electrons. The van der Waals surface area contributed by atoms with E-state index in [1.54, 1.807) is 0 Å². The van der Waals surface area contributed by atoms with E-state index in [1.807, 2.05) is 11.3 Å². The largest absolute Gasteiger partial charge is 0.309 e. The third-order valence-corrected chi connectivity index (χ3v) is 10.6. The van der Waals surface area contributed by atoms with Crippen LogP contribution >= 0.6 is 11.3 Å². The van der Waals surface area contributed by atoms with Gasteiger partial charge in [-0.15, -0.1) is 11.3 Å². The van der Waals surface area contributed by atoms with Crippen LogP contribution in [0.15, 0.2) is 152 Å². The number of benzene rings is 8. The third kappa shape index (κ3) is 3.23. The zero-order valence-electron chi connectivity index (χ0n) is 23.8. The third-order valence-electron chi connectivity index (χ3n) is 9.35. The van der Waals surface area contributed by atoms with Crippen LogP contribution in [0.5, 0.6) is 0 Å². The smallest absolute Gasteiger partial charge is 0.0626 e. The van der Waals surface area contributed by atoms with Gasteiger partial charge in [0.15, 0.2) is 0 Å². The molecule has 0 atom stereocenters. The van der Waals surface area contributed by atoms with Crippen LogP contribution in [0.1, 0.15) is 0 Å². The molecule has 2 heterocycles. The summed E-state index contributed by atoms with van der Waals surface area (Å²) >= 11 is 1.90.